The molecule has 8 heteroatoms. The highest BCUT2D eigenvalue weighted by Gasteiger charge is 2.27. The molecule has 0 radical (unpaired) electrons. The first-order valence-corrected chi connectivity index (χ1v) is 4.67. The lowest BCUT2D eigenvalue weighted by Gasteiger charge is -2.04. The summed E-state index contributed by atoms with van der Waals surface area (Å²) in [5.41, 5.74) is 5.27. The second-order valence-electron chi connectivity index (χ2n) is 3.09. The Balaban J connectivity index is 2.29. The number of alkyl halides is 3. The molecule has 0 atom stereocenters. The summed E-state index contributed by atoms with van der Waals surface area (Å²) in [6.45, 7) is -1.18. The van der Waals surface area contributed by atoms with Gasteiger partial charge in [-0.1, -0.05) is 0 Å². The Hall–Kier alpha value is -1.15. The fraction of sp³-hybridized carbons (Fsp3) is 0.750. The molecule has 1 rings (SSSR count). The molecule has 1 heterocycles. The van der Waals surface area contributed by atoms with Crippen molar-refractivity contribution in [2.75, 3.05) is 13.2 Å². The molecular weight excluding hydrogens is 227 g/mol. The first-order valence-electron chi connectivity index (χ1n) is 4.67. The predicted octanol–water partition coefficient (Wildman–Crippen LogP) is 1.04. The zero-order valence-corrected chi connectivity index (χ0v) is 8.46. The lowest BCUT2D eigenvalue weighted by Crippen LogP contribution is -2.16. The summed E-state index contributed by atoms with van der Waals surface area (Å²) in [5.74, 6) is 0.396. The van der Waals surface area contributed by atoms with Crippen LogP contribution in [0.15, 0.2) is 4.42 Å². The Morgan fingerprint density at radius 2 is 1.94 bits per heavy atom. The molecule has 0 fully saturated rings. The van der Waals surface area contributed by atoms with Gasteiger partial charge in [0, 0.05) is 6.42 Å². The Kier molecular flexibility index (Phi) is 4.69. The minimum Gasteiger partial charge on any atom is -0.423 e. The number of halogens is 3. The summed E-state index contributed by atoms with van der Waals surface area (Å²) in [6, 6.07) is 0. The summed E-state index contributed by atoms with van der Waals surface area (Å²) in [6.07, 6.45) is -3.14. The third-order valence-electron chi connectivity index (χ3n) is 1.59. The summed E-state index contributed by atoms with van der Waals surface area (Å²) in [5, 5.41) is 7.17. The van der Waals surface area contributed by atoms with Crippen molar-refractivity contribution in [2.24, 2.45) is 5.73 Å². The highest BCUT2D eigenvalue weighted by atomic mass is 19.4. The molecule has 92 valence electrons. The molecule has 0 saturated heterocycles. The van der Waals surface area contributed by atoms with Crippen LogP contribution in [0, 0.1) is 0 Å². The van der Waals surface area contributed by atoms with Gasteiger partial charge in [0.05, 0.1) is 0 Å². The van der Waals surface area contributed by atoms with Gasteiger partial charge in [0.2, 0.25) is 11.8 Å². The molecule has 0 aliphatic rings. The van der Waals surface area contributed by atoms with Crippen molar-refractivity contribution in [1.29, 1.82) is 0 Å². The van der Waals surface area contributed by atoms with E-state index in [-0.39, 0.29) is 12.5 Å². The topological polar surface area (TPSA) is 74.2 Å². The molecule has 0 amide bonds. The number of aryl methyl sites for hydroxylation is 1. The van der Waals surface area contributed by atoms with Gasteiger partial charge in [-0.2, -0.15) is 13.2 Å². The van der Waals surface area contributed by atoms with Crippen LogP contribution in [0.5, 0.6) is 0 Å². The third kappa shape index (κ3) is 5.08. The van der Waals surface area contributed by atoms with E-state index in [9.17, 15) is 13.2 Å². The molecule has 16 heavy (non-hydrogen) atoms. The summed E-state index contributed by atoms with van der Waals surface area (Å²) < 4.78 is 44.6. The average Bonchev–Trinajstić information content (AvgIpc) is 2.61. The quantitative estimate of drug-likeness (QED) is 0.802. The number of ether oxygens (including phenoxy) is 1. The summed E-state index contributed by atoms with van der Waals surface area (Å²) in [4.78, 5) is 0. The first-order chi connectivity index (χ1) is 7.51. The molecule has 1 aromatic rings. The van der Waals surface area contributed by atoms with Crippen LogP contribution >= 0.6 is 0 Å². The van der Waals surface area contributed by atoms with Crippen molar-refractivity contribution in [3.05, 3.63) is 11.8 Å². The van der Waals surface area contributed by atoms with Gasteiger partial charge in [-0.05, 0) is 13.0 Å². The molecule has 0 saturated carbocycles. The van der Waals surface area contributed by atoms with E-state index in [2.05, 4.69) is 14.9 Å². The minimum atomic E-state index is -4.34. The van der Waals surface area contributed by atoms with E-state index in [1.807, 2.05) is 0 Å². The Labute approximate surface area is 89.8 Å². The largest absolute Gasteiger partial charge is 0.423 e. The van der Waals surface area contributed by atoms with Crippen molar-refractivity contribution < 1.29 is 22.3 Å². The smallest absolute Gasteiger partial charge is 0.411 e. The van der Waals surface area contributed by atoms with Crippen LogP contribution in [-0.4, -0.2) is 29.5 Å². The molecule has 1 aromatic heterocycles. The van der Waals surface area contributed by atoms with Crippen LogP contribution < -0.4 is 5.73 Å². The lowest BCUT2D eigenvalue weighted by molar-refractivity contribution is -0.177. The molecular formula is C8H12F3N3O2. The van der Waals surface area contributed by atoms with Crippen molar-refractivity contribution in [1.82, 2.24) is 10.2 Å². The molecule has 0 spiro atoms. The number of hydrogen-bond donors (Lipinski definition) is 1. The van der Waals surface area contributed by atoms with Crippen LogP contribution in [0.3, 0.4) is 0 Å². The predicted molar refractivity (Wildman–Crippen MR) is 47.4 cm³/mol. The molecule has 0 bridgehead atoms. The van der Waals surface area contributed by atoms with Gasteiger partial charge in [0.25, 0.3) is 0 Å². The number of nitrogens with two attached hydrogens (primary N) is 1. The lowest BCUT2D eigenvalue weighted by atomic mass is 10.3. The molecule has 0 aliphatic heterocycles. The van der Waals surface area contributed by atoms with Gasteiger partial charge in [0.15, 0.2) is 0 Å². The summed E-state index contributed by atoms with van der Waals surface area (Å²) in [7, 11) is 0. The highest BCUT2D eigenvalue weighted by molar-refractivity contribution is 4.80. The van der Waals surface area contributed by atoms with Crippen LogP contribution in [0.4, 0.5) is 13.2 Å². The van der Waals surface area contributed by atoms with E-state index in [4.69, 9.17) is 10.2 Å². The second kappa shape index (κ2) is 5.80. The van der Waals surface area contributed by atoms with Crippen molar-refractivity contribution in [3.8, 4) is 0 Å². The van der Waals surface area contributed by atoms with Gasteiger partial charge in [-0.15, -0.1) is 10.2 Å². The van der Waals surface area contributed by atoms with E-state index in [1.54, 1.807) is 0 Å². The van der Waals surface area contributed by atoms with Gasteiger partial charge in [-0.25, -0.2) is 0 Å². The fourth-order valence-corrected chi connectivity index (χ4v) is 0.955. The van der Waals surface area contributed by atoms with Gasteiger partial charge >= 0.3 is 6.18 Å². The van der Waals surface area contributed by atoms with E-state index in [0.29, 0.717) is 25.3 Å². The number of rotatable bonds is 6. The van der Waals surface area contributed by atoms with E-state index >= 15 is 0 Å². The Bertz CT molecular complexity index is 314. The van der Waals surface area contributed by atoms with Crippen LogP contribution in [0.25, 0.3) is 0 Å². The standard InChI is InChI=1S/C8H12F3N3O2/c9-8(10,11)5-15-4-7-14-13-6(16-7)2-1-3-12/h1-5,12H2. The molecule has 0 aliphatic carbocycles. The van der Waals surface area contributed by atoms with Crippen LogP contribution in [0.1, 0.15) is 18.2 Å². The maximum atomic E-state index is 11.7. The van der Waals surface area contributed by atoms with Crippen LogP contribution in [0.2, 0.25) is 0 Å². The number of hydrogen-bond acceptors (Lipinski definition) is 5. The molecule has 0 unspecified atom stereocenters. The second-order valence-corrected chi connectivity index (χ2v) is 3.09. The van der Waals surface area contributed by atoms with Crippen LogP contribution in [-0.2, 0) is 17.8 Å². The van der Waals surface area contributed by atoms with E-state index < -0.39 is 12.8 Å². The van der Waals surface area contributed by atoms with Gasteiger partial charge in [0.1, 0.15) is 13.2 Å². The first kappa shape index (κ1) is 12.9. The van der Waals surface area contributed by atoms with Crippen molar-refractivity contribution in [3.63, 3.8) is 0 Å². The zero-order valence-electron chi connectivity index (χ0n) is 8.46. The molecule has 5 nitrogen and oxygen atoms in total. The maximum Gasteiger partial charge on any atom is 0.411 e. The monoisotopic (exact) mass is 239 g/mol. The SMILES string of the molecule is NCCCc1nnc(COCC(F)(F)F)o1. The third-order valence-corrected chi connectivity index (χ3v) is 1.59. The Morgan fingerprint density at radius 3 is 2.56 bits per heavy atom. The van der Waals surface area contributed by atoms with E-state index in [1.165, 1.54) is 0 Å². The number of aromatic nitrogens is 2. The normalized spacial score (nSPS) is 12.0. The van der Waals surface area contributed by atoms with Gasteiger partial charge in [-0.3, -0.25) is 0 Å². The molecule has 2 N–H and O–H groups in total. The maximum absolute atomic E-state index is 11.7. The average molecular weight is 239 g/mol. The molecule has 0 aromatic carbocycles. The van der Waals surface area contributed by atoms with Gasteiger partial charge < -0.3 is 14.9 Å². The fourth-order valence-electron chi connectivity index (χ4n) is 0.955. The van der Waals surface area contributed by atoms with Crippen molar-refractivity contribution >= 4 is 0 Å². The Morgan fingerprint density at radius 1 is 1.25 bits per heavy atom. The van der Waals surface area contributed by atoms with Crippen molar-refractivity contribution in [2.45, 2.75) is 25.6 Å². The summed E-state index contributed by atoms with van der Waals surface area (Å²) >= 11 is 0. The minimum absolute atomic E-state index is 0.0382. The number of nitrogens with zero attached hydrogens (tertiary/aromatic N) is 2. The zero-order chi connectivity index (χ0) is 12.0. The van der Waals surface area contributed by atoms with E-state index in [0.717, 1.165) is 0 Å². The highest BCUT2D eigenvalue weighted by Crippen LogP contribution is 2.15.